The Kier molecular flexibility index (Phi) is 6.07. The van der Waals surface area contributed by atoms with Crippen LogP contribution in [-0.4, -0.2) is 29.9 Å². The van der Waals surface area contributed by atoms with Gasteiger partial charge in [0.05, 0.1) is 18.8 Å². The molecule has 0 bridgehead atoms. The number of nitrogens with one attached hydrogen (secondary N) is 2. The highest BCUT2D eigenvalue weighted by Gasteiger charge is 2.24. The van der Waals surface area contributed by atoms with Gasteiger partial charge in [0.2, 0.25) is 0 Å². The third kappa shape index (κ3) is 4.63. The van der Waals surface area contributed by atoms with E-state index in [2.05, 4.69) is 10.6 Å². The number of ether oxygens (including phenoxy) is 1. The lowest BCUT2D eigenvalue weighted by Gasteiger charge is -2.28. The van der Waals surface area contributed by atoms with Gasteiger partial charge in [-0.05, 0) is 43.9 Å². The summed E-state index contributed by atoms with van der Waals surface area (Å²) in [5, 5.41) is 15.6. The van der Waals surface area contributed by atoms with Crippen molar-refractivity contribution >= 4 is 6.03 Å². The van der Waals surface area contributed by atoms with E-state index in [1.165, 1.54) is 0 Å². The van der Waals surface area contributed by atoms with Crippen molar-refractivity contribution in [2.75, 3.05) is 6.61 Å². The first-order valence-electron chi connectivity index (χ1n) is 8.05. The van der Waals surface area contributed by atoms with Crippen LogP contribution in [-0.2, 0) is 6.54 Å². The number of rotatable bonds is 5. The molecule has 0 radical (unpaired) electrons. The van der Waals surface area contributed by atoms with E-state index in [-0.39, 0.29) is 12.1 Å². The van der Waals surface area contributed by atoms with E-state index in [1.807, 2.05) is 32.0 Å². The van der Waals surface area contributed by atoms with Crippen molar-refractivity contribution in [2.24, 2.45) is 0 Å². The summed E-state index contributed by atoms with van der Waals surface area (Å²) in [6.07, 6.45) is 3.28. The quantitative estimate of drug-likeness (QED) is 0.783. The van der Waals surface area contributed by atoms with Gasteiger partial charge in [-0.15, -0.1) is 0 Å². The molecule has 1 saturated carbocycles. The number of aliphatic hydroxyl groups excluding tert-OH is 1. The largest absolute Gasteiger partial charge is 0.494 e. The van der Waals surface area contributed by atoms with Gasteiger partial charge in [-0.3, -0.25) is 0 Å². The first-order valence-corrected chi connectivity index (χ1v) is 8.05. The molecule has 122 valence electrons. The Morgan fingerprint density at radius 1 is 1.36 bits per heavy atom. The van der Waals surface area contributed by atoms with Gasteiger partial charge in [-0.1, -0.05) is 25.0 Å². The minimum atomic E-state index is -0.424. The van der Waals surface area contributed by atoms with Crippen LogP contribution in [0.3, 0.4) is 0 Å². The minimum Gasteiger partial charge on any atom is -0.494 e. The Hall–Kier alpha value is -1.75. The van der Waals surface area contributed by atoms with E-state index in [9.17, 15) is 9.90 Å². The molecule has 2 amide bonds. The average molecular weight is 306 g/mol. The Bertz CT molecular complexity index is 505. The smallest absolute Gasteiger partial charge is 0.315 e. The summed E-state index contributed by atoms with van der Waals surface area (Å²) in [6, 6.07) is 5.54. The molecule has 1 aliphatic rings. The van der Waals surface area contributed by atoms with Gasteiger partial charge < -0.3 is 20.5 Å². The molecule has 0 saturated heterocycles. The number of aryl methyl sites for hydroxylation is 1. The first-order chi connectivity index (χ1) is 10.6. The summed E-state index contributed by atoms with van der Waals surface area (Å²) in [5.74, 6) is 0.876. The van der Waals surface area contributed by atoms with Crippen molar-refractivity contribution in [3.05, 3.63) is 29.3 Å². The van der Waals surface area contributed by atoms with Crippen LogP contribution in [0.1, 0.15) is 43.7 Å². The zero-order chi connectivity index (χ0) is 15.9. The molecule has 0 aromatic heterocycles. The van der Waals surface area contributed by atoms with Crippen LogP contribution in [0, 0.1) is 6.92 Å². The van der Waals surface area contributed by atoms with E-state index in [4.69, 9.17) is 4.74 Å². The number of hydrogen-bond donors (Lipinski definition) is 3. The summed E-state index contributed by atoms with van der Waals surface area (Å²) < 4.78 is 5.50. The molecule has 22 heavy (non-hydrogen) atoms. The second-order valence-electron chi connectivity index (χ2n) is 5.82. The Balaban J connectivity index is 1.81. The van der Waals surface area contributed by atoms with Crippen molar-refractivity contribution in [1.29, 1.82) is 0 Å². The van der Waals surface area contributed by atoms with Crippen LogP contribution < -0.4 is 15.4 Å². The van der Waals surface area contributed by atoms with Gasteiger partial charge in [0.15, 0.2) is 0 Å². The van der Waals surface area contributed by atoms with Gasteiger partial charge in [-0.25, -0.2) is 4.79 Å². The van der Waals surface area contributed by atoms with Crippen LogP contribution >= 0.6 is 0 Å². The molecule has 0 spiro atoms. The zero-order valence-corrected chi connectivity index (χ0v) is 13.4. The number of carbonyl (C=O) groups is 1. The zero-order valence-electron chi connectivity index (χ0n) is 13.4. The van der Waals surface area contributed by atoms with Gasteiger partial charge >= 0.3 is 6.03 Å². The lowest BCUT2D eigenvalue weighted by molar-refractivity contribution is 0.0943. The summed E-state index contributed by atoms with van der Waals surface area (Å²) >= 11 is 0. The third-order valence-electron chi connectivity index (χ3n) is 4.04. The van der Waals surface area contributed by atoms with Gasteiger partial charge in [0.25, 0.3) is 0 Å². The lowest BCUT2D eigenvalue weighted by atomic mass is 9.93. The van der Waals surface area contributed by atoms with E-state index >= 15 is 0 Å². The molecule has 1 aliphatic carbocycles. The van der Waals surface area contributed by atoms with Crippen molar-refractivity contribution in [3.63, 3.8) is 0 Å². The van der Waals surface area contributed by atoms with Crippen molar-refractivity contribution in [2.45, 2.75) is 58.2 Å². The molecular formula is C17H26N2O3. The molecule has 1 aromatic carbocycles. The Morgan fingerprint density at radius 2 is 2.14 bits per heavy atom. The number of aliphatic hydroxyl groups is 1. The maximum absolute atomic E-state index is 11.9. The fourth-order valence-corrected chi connectivity index (χ4v) is 2.82. The van der Waals surface area contributed by atoms with Gasteiger partial charge in [0, 0.05) is 6.54 Å². The molecule has 1 aromatic rings. The van der Waals surface area contributed by atoms with Crippen LogP contribution in [0.2, 0.25) is 0 Å². The third-order valence-corrected chi connectivity index (χ3v) is 4.04. The molecule has 5 heteroatoms. The van der Waals surface area contributed by atoms with Gasteiger partial charge in [-0.2, -0.15) is 0 Å². The second-order valence-corrected chi connectivity index (χ2v) is 5.82. The Labute approximate surface area is 132 Å². The monoisotopic (exact) mass is 306 g/mol. The number of carbonyl (C=O) groups excluding carboxylic acids is 1. The molecule has 2 atom stereocenters. The van der Waals surface area contributed by atoms with E-state index < -0.39 is 6.10 Å². The van der Waals surface area contributed by atoms with E-state index in [0.717, 1.165) is 42.6 Å². The first kappa shape index (κ1) is 16.6. The highest BCUT2D eigenvalue weighted by molar-refractivity contribution is 5.74. The summed E-state index contributed by atoms with van der Waals surface area (Å²) in [6.45, 7) is 5.05. The fraction of sp³-hybridized carbons (Fsp3) is 0.588. The fourth-order valence-electron chi connectivity index (χ4n) is 2.82. The molecule has 0 heterocycles. The molecule has 3 N–H and O–H groups in total. The lowest BCUT2D eigenvalue weighted by Crippen LogP contribution is -2.48. The van der Waals surface area contributed by atoms with Crippen LogP contribution in [0.25, 0.3) is 0 Å². The molecule has 0 aliphatic heterocycles. The molecule has 1 fully saturated rings. The number of hydrogen-bond acceptors (Lipinski definition) is 3. The summed E-state index contributed by atoms with van der Waals surface area (Å²) in [5.41, 5.74) is 2.09. The maximum Gasteiger partial charge on any atom is 0.315 e. The van der Waals surface area contributed by atoms with Gasteiger partial charge in [0.1, 0.15) is 5.75 Å². The standard InChI is InChI=1S/C17H26N2O3/c1-3-22-16-9-8-13(10-12(16)2)11-18-17(21)19-14-6-4-5-7-15(14)20/h8-10,14-15,20H,3-7,11H2,1-2H3,(H2,18,19,21). The summed E-state index contributed by atoms with van der Waals surface area (Å²) in [4.78, 5) is 11.9. The number of amides is 2. The molecule has 2 unspecified atom stereocenters. The number of urea groups is 1. The van der Waals surface area contributed by atoms with Crippen molar-refractivity contribution in [1.82, 2.24) is 10.6 Å². The molecule has 2 rings (SSSR count). The van der Waals surface area contributed by atoms with E-state index in [0.29, 0.717) is 13.2 Å². The van der Waals surface area contributed by atoms with Crippen LogP contribution in [0.4, 0.5) is 4.79 Å². The van der Waals surface area contributed by atoms with Crippen molar-refractivity contribution in [3.8, 4) is 5.75 Å². The SMILES string of the molecule is CCOc1ccc(CNC(=O)NC2CCCCC2O)cc1C. The molecule has 5 nitrogen and oxygen atoms in total. The Morgan fingerprint density at radius 3 is 2.82 bits per heavy atom. The average Bonchev–Trinajstić information content (AvgIpc) is 2.50. The number of benzene rings is 1. The second kappa shape index (κ2) is 8.03. The highest BCUT2D eigenvalue weighted by Crippen LogP contribution is 2.19. The minimum absolute atomic E-state index is 0.129. The predicted molar refractivity (Wildman–Crippen MR) is 86.0 cm³/mol. The van der Waals surface area contributed by atoms with Crippen LogP contribution in [0.5, 0.6) is 5.75 Å². The van der Waals surface area contributed by atoms with E-state index in [1.54, 1.807) is 0 Å². The molecular weight excluding hydrogens is 280 g/mol. The highest BCUT2D eigenvalue weighted by atomic mass is 16.5. The maximum atomic E-state index is 11.9. The van der Waals surface area contributed by atoms with Crippen LogP contribution in [0.15, 0.2) is 18.2 Å². The summed E-state index contributed by atoms with van der Waals surface area (Å²) in [7, 11) is 0. The predicted octanol–water partition coefficient (Wildman–Crippen LogP) is 2.50. The van der Waals surface area contributed by atoms with Crippen molar-refractivity contribution < 1.29 is 14.6 Å². The normalized spacial score (nSPS) is 21.2. The topological polar surface area (TPSA) is 70.6 Å².